The third-order valence-electron chi connectivity index (χ3n) is 6.51. The van der Waals surface area contributed by atoms with E-state index in [9.17, 15) is 14.7 Å². The van der Waals surface area contributed by atoms with E-state index >= 15 is 0 Å². The number of benzene rings is 1. The molecule has 0 spiro atoms. The molecule has 2 heterocycles. The molecule has 2 aliphatic heterocycles. The predicted molar refractivity (Wildman–Crippen MR) is 135 cm³/mol. The van der Waals surface area contributed by atoms with Crippen molar-refractivity contribution in [2.45, 2.75) is 32.3 Å². The molecule has 9 heteroatoms. The molecule has 2 fully saturated rings. The van der Waals surface area contributed by atoms with Gasteiger partial charge in [-0.15, -0.1) is 0 Å². The number of β-amino-alcohol motifs (C(OH)–C–C–N with tert-alkyl or cyclic N) is 1. The van der Waals surface area contributed by atoms with Gasteiger partial charge in [0.2, 0.25) is 11.8 Å². The second kappa shape index (κ2) is 12.4. The quantitative estimate of drug-likeness (QED) is 0.542. The molecular formula is C25H35Cl2N3O4. The lowest BCUT2D eigenvalue weighted by Gasteiger charge is -2.41. The molecule has 2 unspecified atom stereocenters. The van der Waals surface area contributed by atoms with Crippen molar-refractivity contribution in [3.63, 3.8) is 0 Å². The summed E-state index contributed by atoms with van der Waals surface area (Å²) in [5.74, 6) is -0.197. The maximum atomic E-state index is 12.7. The van der Waals surface area contributed by atoms with Crippen LogP contribution in [0.2, 0.25) is 10.0 Å². The first-order valence-electron chi connectivity index (χ1n) is 11.8. The van der Waals surface area contributed by atoms with E-state index in [0.29, 0.717) is 42.8 Å². The van der Waals surface area contributed by atoms with E-state index in [4.69, 9.17) is 27.9 Å². The maximum Gasteiger partial charge on any atom is 0.246 e. The van der Waals surface area contributed by atoms with Crippen LogP contribution in [0.3, 0.4) is 0 Å². The van der Waals surface area contributed by atoms with Gasteiger partial charge in [0.1, 0.15) is 0 Å². The van der Waals surface area contributed by atoms with Gasteiger partial charge in [0.25, 0.3) is 0 Å². The van der Waals surface area contributed by atoms with Crippen LogP contribution in [0.1, 0.15) is 31.7 Å². The second-order valence-corrected chi connectivity index (χ2v) is 10.5. The number of aliphatic hydroxyl groups is 1. The van der Waals surface area contributed by atoms with Gasteiger partial charge in [0.05, 0.1) is 22.8 Å². The number of amides is 2. The molecule has 3 rings (SSSR count). The molecule has 1 aromatic carbocycles. The highest BCUT2D eigenvalue weighted by molar-refractivity contribution is 6.42. The number of ether oxygens (including phenoxy) is 1. The number of halogens is 2. The van der Waals surface area contributed by atoms with Gasteiger partial charge in [-0.3, -0.25) is 9.59 Å². The fraction of sp³-hybridized carbons (Fsp3) is 0.600. The molecule has 0 radical (unpaired) electrons. The van der Waals surface area contributed by atoms with Crippen LogP contribution in [-0.4, -0.2) is 97.3 Å². The zero-order valence-corrected chi connectivity index (χ0v) is 21.5. The molecule has 1 aromatic rings. The highest BCUT2D eigenvalue weighted by Gasteiger charge is 2.32. The number of aliphatic hydroxyl groups excluding tert-OH is 1. The van der Waals surface area contributed by atoms with Crippen molar-refractivity contribution in [2.75, 3.05) is 59.5 Å². The van der Waals surface area contributed by atoms with Gasteiger partial charge >= 0.3 is 0 Å². The zero-order chi connectivity index (χ0) is 24.7. The Hall–Kier alpha value is -1.64. The van der Waals surface area contributed by atoms with Crippen molar-refractivity contribution in [2.24, 2.45) is 5.41 Å². The van der Waals surface area contributed by atoms with Crippen LogP contribution in [0.4, 0.5) is 0 Å². The molecular weight excluding hydrogens is 477 g/mol. The molecule has 0 saturated carbocycles. The number of hydrogen-bond acceptors (Lipinski definition) is 5. The largest absolute Gasteiger partial charge is 0.390 e. The van der Waals surface area contributed by atoms with Crippen molar-refractivity contribution in [3.05, 3.63) is 39.9 Å². The number of methoxy groups -OCH3 is 1. The summed E-state index contributed by atoms with van der Waals surface area (Å²) in [6, 6.07) is 5.17. The normalized spacial score (nSPS) is 23.4. The fourth-order valence-electron chi connectivity index (χ4n) is 4.83. The summed E-state index contributed by atoms with van der Waals surface area (Å²) in [7, 11) is 1.72. The van der Waals surface area contributed by atoms with Crippen LogP contribution in [0.25, 0.3) is 6.08 Å². The van der Waals surface area contributed by atoms with Gasteiger partial charge in [0.15, 0.2) is 0 Å². The lowest BCUT2D eigenvalue weighted by Crippen LogP contribution is -2.49. The smallest absolute Gasteiger partial charge is 0.246 e. The Balaban J connectivity index is 1.50. The van der Waals surface area contributed by atoms with Gasteiger partial charge < -0.3 is 24.5 Å². The van der Waals surface area contributed by atoms with E-state index in [0.717, 1.165) is 31.5 Å². The van der Waals surface area contributed by atoms with Crippen LogP contribution in [0.15, 0.2) is 24.3 Å². The second-order valence-electron chi connectivity index (χ2n) is 9.66. The van der Waals surface area contributed by atoms with Gasteiger partial charge in [0, 0.05) is 64.3 Å². The van der Waals surface area contributed by atoms with Crippen molar-refractivity contribution in [1.29, 1.82) is 0 Å². The molecule has 7 nitrogen and oxygen atoms in total. The molecule has 2 amide bonds. The summed E-state index contributed by atoms with van der Waals surface area (Å²) in [5.41, 5.74) is 0.870. The van der Waals surface area contributed by atoms with E-state index in [-0.39, 0.29) is 30.2 Å². The number of likely N-dealkylation sites (tertiary alicyclic amines) is 1. The van der Waals surface area contributed by atoms with Crippen molar-refractivity contribution in [3.8, 4) is 0 Å². The standard InChI is InChI=1S/C25H35Cl2N3O4/c1-25(18-34-2)9-3-10-28(17-25)15-20(31)16-30-13-12-29(11-8-24(30)33)23(32)7-5-19-4-6-21(26)22(27)14-19/h4-7,14,20,31H,3,8-13,15-18H2,1-2H3/b7-5+. The van der Waals surface area contributed by atoms with Crippen LogP contribution in [-0.2, 0) is 14.3 Å². The minimum Gasteiger partial charge on any atom is -0.390 e. The van der Waals surface area contributed by atoms with Gasteiger partial charge in [-0.1, -0.05) is 36.2 Å². The molecule has 0 bridgehead atoms. The summed E-state index contributed by atoms with van der Waals surface area (Å²) in [5, 5.41) is 11.6. The predicted octanol–water partition coefficient (Wildman–Crippen LogP) is 3.18. The Labute approximate surface area is 212 Å². The number of rotatable bonds is 8. The van der Waals surface area contributed by atoms with E-state index < -0.39 is 6.10 Å². The van der Waals surface area contributed by atoms with E-state index in [1.165, 1.54) is 6.08 Å². The first-order valence-corrected chi connectivity index (χ1v) is 12.5. The topological polar surface area (TPSA) is 73.3 Å². The highest BCUT2D eigenvalue weighted by atomic mass is 35.5. The first kappa shape index (κ1) is 27.0. The first-order chi connectivity index (χ1) is 16.2. The molecule has 0 aromatic heterocycles. The minimum absolute atomic E-state index is 0.0364. The monoisotopic (exact) mass is 511 g/mol. The molecule has 2 aliphatic rings. The lowest BCUT2D eigenvalue weighted by atomic mass is 9.82. The Bertz CT molecular complexity index is 893. The SMILES string of the molecule is COCC1(C)CCCN(CC(O)CN2CCN(C(=O)/C=C/c3ccc(Cl)c(Cl)c3)CCC2=O)C1. The Morgan fingerprint density at radius 1 is 1.21 bits per heavy atom. The molecule has 2 saturated heterocycles. The van der Waals surface area contributed by atoms with E-state index in [2.05, 4.69) is 11.8 Å². The molecule has 2 atom stereocenters. The Morgan fingerprint density at radius 2 is 2.00 bits per heavy atom. The summed E-state index contributed by atoms with van der Waals surface area (Å²) >= 11 is 12.0. The third-order valence-corrected chi connectivity index (χ3v) is 7.25. The van der Waals surface area contributed by atoms with Crippen LogP contribution < -0.4 is 0 Å². The highest BCUT2D eigenvalue weighted by Crippen LogP contribution is 2.29. The van der Waals surface area contributed by atoms with E-state index in [1.807, 2.05) is 0 Å². The van der Waals surface area contributed by atoms with Gasteiger partial charge in [-0.2, -0.15) is 0 Å². The minimum atomic E-state index is -0.634. The Morgan fingerprint density at radius 3 is 2.74 bits per heavy atom. The summed E-state index contributed by atoms with van der Waals surface area (Å²) in [4.78, 5) is 30.9. The molecule has 34 heavy (non-hydrogen) atoms. The lowest BCUT2D eigenvalue weighted by molar-refractivity contribution is -0.132. The number of piperidine rings is 1. The molecule has 188 valence electrons. The average Bonchev–Trinajstić information content (AvgIpc) is 2.96. The van der Waals surface area contributed by atoms with Gasteiger partial charge in [-0.25, -0.2) is 0 Å². The average molecular weight is 512 g/mol. The summed E-state index contributed by atoms with van der Waals surface area (Å²) in [6.07, 6.45) is 4.97. The van der Waals surface area contributed by atoms with Crippen LogP contribution in [0.5, 0.6) is 0 Å². The number of carbonyl (C=O) groups excluding carboxylic acids is 2. The number of nitrogens with zero attached hydrogens (tertiary/aromatic N) is 3. The third kappa shape index (κ3) is 7.68. The van der Waals surface area contributed by atoms with Gasteiger partial charge in [-0.05, 0) is 43.2 Å². The molecule has 1 N–H and O–H groups in total. The maximum absolute atomic E-state index is 12.7. The fourth-order valence-corrected chi connectivity index (χ4v) is 5.14. The van der Waals surface area contributed by atoms with Crippen molar-refractivity contribution in [1.82, 2.24) is 14.7 Å². The Kier molecular flexibility index (Phi) is 9.80. The van der Waals surface area contributed by atoms with E-state index in [1.54, 1.807) is 41.2 Å². The summed E-state index contributed by atoms with van der Waals surface area (Å²) in [6.45, 7) is 6.73. The number of carbonyl (C=O) groups is 2. The summed E-state index contributed by atoms with van der Waals surface area (Å²) < 4.78 is 5.38. The zero-order valence-electron chi connectivity index (χ0n) is 20.0. The van der Waals surface area contributed by atoms with Crippen LogP contribution in [0, 0.1) is 5.41 Å². The van der Waals surface area contributed by atoms with Crippen LogP contribution >= 0.6 is 23.2 Å². The molecule has 0 aliphatic carbocycles. The number of hydrogen-bond donors (Lipinski definition) is 1. The van der Waals surface area contributed by atoms with Crippen molar-refractivity contribution >= 4 is 41.1 Å². The van der Waals surface area contributed by atoms with Crippen molar-refractivity contribution < 1.29 is 19.4 Å².